The normalized spacial score (nSPS) is 19.5. The van der Waals surface area contributed by atoms with Crippen LogP contribution in [0.15, 0.2) is 54.4 Å². The molecular formula is C24H30N4O. The monoisotopic (exact) mass is 390 g/mol. The van der Waals surface area contributed by atoms with Crippen LogP contribution in [0, 0.1) is 5.92 Å². The molecular weight excluding hydrogens is 360 g/mol. The first-order valence-corrected chi connectivity index (χ1v) is 10.9. The lowest BCUT2D eigenvalue weighted by molar-refractivity contribution is -0.125. The Morgan fingerprint density at radius 3 is 2.66 bits per heavy atom. The molecule has 0 spiro atoms. The highest BCUT2D eigenvalue weighted by molar-refractivity contribution is 5.79. The maximum Gasteiger partial charge on any atom is 0.225 e. The molecule has 4 rings (SSSR count). The zero-order valence-electron chi connectivity index (χ0n) is 17.0. The molecule has 1 unspecified atom stereocenters. The number of rotatable bonds is 6. The molecule has 1 aliphatic heterocycles. The number of nitrogens with zero attached hydrogens (tertiary/aromatic N) is 3. The van der Waals surface area contributed by atoms with Gasteiger partial charge >= 0.3 is 0 Å². The summed E-state index contributed by atoms with van der Waals surface area (Å²) in [6, 6.07) is 10.2. The highest BCUT2D eigenvalue weighted by atomic mass is 16.1. The van der Waals surface area contributed by atoms with Crippen molar-refractivity contribution in [2.75, 3.05) is 24.5 Å². The van der Waals surface area contributed by atoms with Crippen LogP contribution in [0.5, 0.6) is 0 Å². The van der Waals surface area contributed by atoms with E-state index in [-0.39, 0.29) is 11.8 Å². The Balaban J connectivity index is 1.30. The SMILES string of the molecule is O=C(NCCC1=CCCCC1)C1CCCN(c2ncc(-c3ccccc3)cn2)C1. The summed E-state index contributed by atoms with van der Waals surface area (Å²) in [5.41, 5.74) is 3.63. The second-order valence-corrected chi connectivity index (χ2v) is 8.07. The number of nitrogens with one attached hydrogen (secondary N) is 1. The van der Waals surface area contributed by atoms with Crippen molar-refractivity contribution in [2.24, 2.45) is 5.92 Å². The summed E-state index contributed by atoms with van der Waals surface area (Å²) in [6.07, 6.45) is 14.0. The molecule has 1 aromatic carbocycles. The Morgan fingerprint density at radius 2 is 1.90 bits per heavy atom. The van der Waals surface area contributed by atoms with Crippen molar-refractivity contribution in [3.8, 4) is 11.1 Å². The summed E-state index contributed by atoms with van der Waals surface area (Å²) < 4.78 is 0. The van der Waals surface area contributed by atoms with E-state index >= 15 is 0 Å². The van der Waals surface area contributed by atoms with Crippen LogP contribution in [0.25, 0.3) is 11.1 Å². The van der Waals surface area contributed by atoms with E-state index in [1.54, 1.807) is 0 Å². The fourth-order valence-electron chi connectivity index (χ4n) is 4.26. The molecule has 1 amide bonds. The molecule has 152 valence electrons. The largest absolute Gasteiger partial charge is 0.355 e. The summed E-state index contributed by atoms with van der Waals surface area (Å²) in [5.74, 6) is 0.906. The van der Waals surface area contributed by atoms with E-state index in [0.29, 0.717) is 6.54 Å². The first kappa shape index (κ1) is 19.6. The Labute approximate surface area is 173 Å². The molecule has 1 aromatic heterocycles. The van der Waals surface area contributed by atoms with Crippen molar-refractivity contribution in [1.82, 2.24) is 15.3 Å². The van der Waals surface area contributed by atoms with Crippen molar-refractivity contribution < 1.29 is 4.79 Å². The van der Waals surface area contributed by atoms with Gasteiger partial charge in [-0.15, -0.1) is 0 Å². The Morgan fingerprint density at radius 1 is 1.07 bits per heavy atom. The number of hydrogen-bond acceptors (Lipinski definition) is 4. The van der Waals surface area contributed by atoms with Gasteiger partial charge in [-0.05, 0) is 50.5 Å². The van der Waals surface area contributed by atoms with Crippen molar-refractivity contribution >= 4 is 11.9 Å². The lowest BCUT2D eigenvalue weighted by Gasteiger charge is -2.32. The van der Waals surface area contributed by atoms with Crippen molar-refractivity contribution in [3.63, 3.8) is 0 Å². The lowest BCUT2D eigenvalue weighted by Crippen LogP contribution is -2.44. The lowest BCUT2D eigenvalue weighted by atomic mass is 9.96. The minimum Gasteiger partial charge on any atom is -0.355 e. The first-order valence-electron chi connectivity index (χ1n) is 10.9. The van der Waals surface area contributed by atoms with Crippen LogP contribution >= 0.6 is 0 Å². The standard InChI is InChI=1S/C24H30N4O/c29-23(25-14-13-19-8-3-1-4-9-19)21-12-7-15-28(18-21)24-26-16-22(17-27-24)20-10-5-2-6-11-20/h2,5-6,8,10-11,16-17,21H,1,3-4,7,9,12-15,18H2,(H,25,29). The van der Waals surface area contributed by atoms with E-state index < -0.39 is 0 Å². The van der Waals surface area contributed by atoms with E-state index in [0.717, 1.165) is 49.4 Å². The van der Waals surface area contributed by atoms with Crippen LogP contribution in [0.3, 0.4) is 0 Å². The van der Waals surface area contributed by atoms with Gasteiger partial charge in [0.1, 0.15) is 0 Å². The van der Waals surface area contributed by atoms with Gasteiger partial charge in [-0.1, -0.05) is 42.0 Å². The Hall–Kier alpha value is -2.69. The van der Waals surface area contributed by atoms with Gasteiger partial charge in [-0.2, -0.15) is 0 Å². The highest BCUT2D eigenvalue weighted by Crippen LogP contribution is 2.23. The smallest absolute Gasteiger partial charge is 0.225 e. The van der Waals surface area contributed by atoms with Gasteiger partial charge < -0.3 is 10.2 Å². The average Bonchev–Trinajstić information content (AvgIpc) is 2.80. The summed E-state index contributed by atoms with van der Waals surface area (Å²) in [6.45, 7) is 2.35. The third-order valence-electron chi connectivity index (χ3n) is 5.95. The Kier molecular flexibility index (Phi) is 6.55. The molecule has 5 heteroatoms. The zero-order chi connectivity index (χ0) is 19.9. The number of carbonyl (C=O) groups is 1. The highest BCUT2D eigenvalue weighted by Gasteiger charge is 2.27. The molecule has 1 saturated heterocycles. The summed E-state index contributed by atoms with van der Waals surface area (Å²) >= 11 is 0. The molecule has 5 nitrogen and oxygen atoms in total. The summed E-state index contributed by atoms with van der Waals surface area (Å²) in [7, 11) is 0. The molecule has 2 aliphatic rings. The van der Waals surface area contributed by atoms with Crippen molar-refractivity contribution in [2.45, 2.75) is 44.9 Å². The molecule has 0 saturated carbocycles. The predicted molar refractivity (Wildman–Crippen MR) is 117 cm³/mol. The zero-order valence-corrected chi connectivity index (χ0v) is 17.0. The number of amides is 1. The van der Waals surface area contributed by atoms with Gasteiger partial charge in [0.05, 0.1) is 5.92 Å². The van der Waals surface area contributed by atoms with Crippen molar-refractivity contribution in [3.05, 3.63) is 54.4 Å². The third-order valence-corrected chi connectivity index (χ3v) is 5.95. The number of allylic oxidation sites excluding steroid dienone is 1. The molecule has 1 fully saturated rings. The Bertz CT molecular complexity index is 832. The molecule has 29 heavy (non-hydrogen) atoms. The minimum absolute atomic E-state index is 0.0153. The number of anilines is 1. The van der Waals surface area contributed by atoms with Gasteiger partial charge in [0, 0.05) is 37.6 Å². The van der Waals surface area contributed by atoms with Gasteiger partial charge in [0.15, 0.2) is 0 Å². The number of benzene rings is 1. The summed E-state index contributed by atoms with van der Waals surface area (Å²) in [5, 5.41) is 3.16. The van der Waals surface area contributed by atoms with E-state index in [9.17, 15) is 4.79 Å². The fraction of sp³-hybridized carbons (Fsp3) is 0.458. The number of aromatic nitrogens is 2. The van der Waals surface area contributed by atoms with Crippen molar-refractivity contribution in [1.29, 1.82) is 0 Å². The second kappa shape index (κ2) is 9.68. The average molecular weight is 391 g/mol. The van der Waals surface area contributed by atoms with E-state index in [4.69, 9.17) is 0 Å². The second-order valence-electron chi connectivity index (χ2n) is 8.07. The van der Waals surface area contributed by atoms with Gasteiger partial charge in [-0.3, -0.25) is 4.79 Å². The molecule has 2 heterocycles. The van der Waals surface area contributed by atoms with Crippen LogP contribution in [0.2, 0.25) is 0 Å². The number of carbonyl (C=O) groups excluding carboxylic acids is 1. The van der Waals surface area contributed by atoms with Crippen LogP contribution in [0.1, 0.15) is 44.9 Å². The molecule has 0 radical (unpaired) electrons. The maximum absolute atomic E-state index is 12.7. The molecule has 1 aliphatic carbocycles. The van der Waals surface area contributed by atoms with Gasteiger partial charge in [-0.25, -0.2) is 9.97 Å². The molecule has 1 atom stereocenters. The quantitative estimate of drug-likeness (QED) is 0.744. The predicted octanol–water partition coefficient (Wildman–Crippen LogP) is 4.37. The van der Waals surface area contributed by atoms with E-state index in [1.807, 2.05) is 30.6 Å². The van der Waals surface area contributed by atoms with E-state index in [2.05, 4.69) is 38.4 Å². The van der Waals surface area contributed by atoms with Crippen LogP contribution in [0.4, 0.5) is 5.95 Å². The van der Waals surface area contributed by atoms with Crippen LogP contribution < -0.4 is 10.2 Å². The fourth-order valence-corrected chi connectivity index (χ4v) is 4.26. The maximum atomic E-state index is 12.7. The number of piperidine rings is 1. The van der Waals surface area contributed by atoms with E-state index in [1.165, 1.54) is 31.3 Å². The van der Waals surface area contributed by atoms with Gasteiger partial charge in [0.2, 0.25) is 11.9 Å². The van der Waals surface area contributed by atoms with Crippen LogP contribution in [-0.4, -0.2) is 35.5 Å². The molecule has 1 N–H and O–H groups in total. The number of hydrogen-bond donors (Lipinski definition) is 1. The first-order chi connectivity index (χ1) is 14.3. The minimum atomic E-state index is 0.0153. The van der Waals surface area contributed by atoms with Crippen LogP contribution in [-0.2, 0) is 4.79 Å². The topological polar surface area (TPSA) is 58.1 Å². The van der Waals surface area contributed by atoms with Gasteiger partial charge in [0.25, 0.3) is 0 Å². The molecule has 2 aromatic rings. The third kappa shape index (κ3) is 5.22. The summed E-state index contributed by atoms with van der Waals surface area (Å²) in [4.78, 5) is 23.9. The molecule has 0 bridgehead atoms.